The summed E-state index contributed by atoms with van der Waals surface area (Å²) in [6.07, 6.45) is -0.486. The summed E-state index contributed by atoms with van der Waals surface area (Å²) >= 11 is 1.37. The molecule has 0 saturated heterocycles. The molecule has 2 aromatic carbocycles. The zero-order chi connectivity index (χ0) is 25.6. The lowest BCUT2D eigenvalue weighted by molar-refractivity contribution is -0.149. The third-order valence-electron chi connectivity index (χ3n) is 6.40. The van der Waals surface area contributed by atoms with Gasteiger partial charge in [-0.05, 0) is 42.0 Å². The van der Waals surface area contributed by atoms with Crippen LogP contribution in [0.3, 0.4) is 0 Å². The summed E-state index contributed by atoms with van der Waals surface area (Å²) in [4.78, 5) is 36.1. The van der Waals surface area contributed by atoms with Crippen molar-refractivity contribution in [3.8, 4) is 11.1 Å². The lowest BCUT2D eigenvalue weighted by Gasteiger charge is -2.34. The Balaban J connectivity index is 1.39. The first kappa shape index (κ1) is 26.6. The largest absolute Gasteiger partial charge is 0.481 e. The molecule has 0 fully saturated rings. The third-order valence-corrected chi connectivity index (χ3v) is 7.36. The highest BCUT2D eigenvalue weighted by molar-refractivity contribution is 7.99. The summed E-state index contributed by atoms with van der Waals surface area (Å²) in [7, 11) is 0. The van der Waals surface area contributed by atoms with Gasteiger partial charge in [-0.3, -0.25) is 9.59 Å². The van der Waals surface area contributed by atoms with Gasteiger partial charge >= 0.3 is 12.1 Å². The minimum atomic E-state index is -1.07. The van der Waals surface area contributed by atoms with Crippen molar-refractivity contribution in [1.29, 1.82) is 0 Å². The fraction of sp³-hybridized carbons (Fsp3) is 0.444. The van der Waals surface area contributed by atoms with Crippen molar-refractivity contribution >= 4 is 29.7 Å². The molecule has 0 bridgehead atoms. The van der Waals surface area contributed by atoms with Gasteiger partial charge in [0.2, 0.25) is 5.91 Å². The fourth-order valence-corrected chi connectivity index (χ4v) is 5.23. The number of alkyl carbamates (subject to hydrolysis) is 1. The lowest BCUT2D eigenvalue weighted by atomic mass is 9.78. The Morgan fingerprint density at radius 3 is 2.14 bits per heavy atom. The summed E-state index contributed by atoms with van der Waals surface area (Å²) < 4.78 is 5.51. The van der Waals surface area contributed by atoms with Crippen LogP contribution in [0, 0.1) is 11.3 Å². The molecule has 0 aliphatic heterocycles. The molecule has 0 spiro atoms. The Morgan fingerprint density at radius 1 is 1.03 bits per heavy atom. The van der Waals surface area contributed by atoms with Gasteiger partial charge in [0.15, 0.2) is 0 Å². The number of carboxylic acid groups (broad SMARTS) is 1. The number of rotatable bonds is 11. The molecule has 1 atom stereocenters. The molecule has 35 heavy (non-hydrogen) atoms. The van der Waals surface area contributed by atoms with Gasteiger partial charge in [0.1, 0.15) is 6.61 Å². The Bertz CT molecular complexity index is 1020. The number of benzene rings is 2. The molecule has 2 aromatic rings. The van der Waals surface area contributed by atoms with Gasteiger partial charge in [-0.2, -0.15) is 11.8 Å². The van der Waals surface area contributed by atoms with Gasteiger partial charge in [-0.15, -0.1) is 0 Å². The zero-order valence-corrected chi connectivity index (χ0v) is 21.5. The van der Waals surface area contributed by atoms with E-state index in [1.54, 1.807) is 13.8 Å². The molecule has 1 aliphatic carbocycles. The van der Waals surface area contributed by atoms with Crippen molar-refractivity contribution in [3.05, 3.63) is 59.7 Å². The number of ether oxygens (including phenoxy) is 1. The summed E-state index contributed by atoms with van der Waals surface area (Å²) in [5.41, 5.74) is 3.61. The molecule has 1 aliphatic rings. The van der Waals surface area contributed by atoms with Crippen molar-refractivity contribution in [3.63, 3.8) is 0 Å². The van der Waals surface area contributed by atoms with Crippen molar-refractivity contribution in [2.75, 3.05) is 24.7 Å². The molecule has 0 saturated carbocycles. The topological polar surface area (TPSA) is 105 Å². The molecule has 8 heteroatoms. The lowest BCUT2D eigenvalue weighted by Crippen LogP contribution is -2.52. The molecular weight excluding hydrogens is 464 g/mol. The number of hydrogen-bond acceptors (Lipinski definition) is 5. The van der Waals surface area contributed by atoms with Crippen molar-refractivity contribution in [1.82, 2.24) is 10.6 Å². The van der Waals surface area contributed by atoms with E-state index < -0.39 is 23.5 Å². The highest BCUT2D eigenvalue weighted by Gasteiger charge is 2.39. The van der Waals surface area contributed by atoms with Crippen LogP contribution in [0.4, 0.5) is 4.79 Å². The Kier molecular flexibility index (Phi) is 8.83. The molecule has 0 heterocycles. The number of hydrogen-bond donors (Lipinski definition) is 3. The first-order valence-electron chi connectivity index (χ1n) is 11.8. The summed E-state index contributed by atoms with van der Waals surface area (Å²) in [6, 6.07) is 15.9. The number of carbonyl (C=O) groups excluding carboxylic acids is 2. The van der Waals surface area contributed by atoms with E-state index >= 15 is 0 Å². The summed E-state index contributed by atoms with van der Waals surface area (Å²) in [5.74, 6) is -0.460. The van der Waals surface area contributed by atoms with E-state index in [2.05, 4.69) is 34.9 Å². The van der Waals surface area contributed by atoms with E-state index in [1.165, 1.54) is 22.9 Å². The minimum Gasteiger partial charge on any atom is -0.481 e. The molecule has 0 aromatic heterocycles. The van der Waals surface area contributed by atoms with E-state index in [4.69, 9.17) is 4.74 Å². The number of aliphatic carboxylic acids is 1. The highest BCUT2D eigenvalue weighted by atomic mass is 32.2. The molecule has 2 amide bonds. The van der Waals surface area contributed by atoms with Gasteiger partial charge in [-0.25, -0.2) is 4.79 Å². The monoisotopic (exact) mass is 498 g/mol. The van der Waals surface area contributed by atoms with Crippen LogP contribution in [0.1, 0.15) is 44.7 Å². The predicted octanol–water partition coefficient (Wildman–Crippen LogP) is 4.51. The van der Waals surface area contributed by atoms with Crippen LogP contribution in [0.2, 0.25) is 0 Å². The first-order valence-corrected chi connectivity index (χ1v) is 13.0. The SMILES string of the molecule is CC(C)C(NC(=O)CSCCNC(=O)OCC1c2ccccc2-c2ccccc21)C(C)(C)C(=O)O. The van der Waals surface area contributed by atoms with Crippen LogP contribution in [-0.2, 0) is 14.3 Å². The van der Waals surface area contributed by atoms with Crippen LogP contribution in [0.15, 0.2) is 48.5 Å². The van der Waals surface area contributed by atoms with E-state index in [0.29, 0.717) is 12.3 Å². The second-order valence-electron chi connectivity index (χ2n) is 9.62. The molecule has 0 radical (unpaired) electrons. The van der Waals surface area contributed by atoms with E-state index in [-0.39, 0.29) is 30.1 Å². The maximum Gasteiger partial charge on any atom is 0.407 e. The van der Waals surface area contributed by atoms with Crippen LogP contribution in [-0.4, -0.2) is 53.8 Å². The average molecular weight is 499 g/mol. The number of carboxylic acids is 1. The third kappa shape index (κ3) is 6.36. The normalized spacial score (nSPS) is 13.6. The van der Waals surface area contributed by atoms with E-state index in [1.807, 2.05) is 38.1 Å². The molecule has 7 nitrogen and oxygen atoms in total. The smallest absolute Gasteiger partial charge is 0.407 e. The van der Waals surface area contributed by atoms with E-state index in [0.717, 1.165) is 11.1 Å². The van der Waals surface area contributed by atoms with Crippen molar-refractivity contribution in [2.24, 2.45) is 11.3 Å². The van der Waals surface area contributed by atoms with E-state index in [9.17, 15) is 19.5 Å². The molecule has 1 unspecified atom stereocenters. The van der Waals surface area contributed by atoms with Crippen LogP contribution in [0.5, 0.6) is 0 Å². The summed E-state index contributed by atoms with van der Waals surface area (Å²) in [5, 5.41) is 15.1. The number of amides is 2. The van der Waals surface area contributed by atoms with Crippen LogP contribution in [0.25, 0.3) is 11.1 Å². The predicted molar refractivity (Wildman–Crippen MR) is 139 cm³/mol. The van der Waals surface area contributed by atoms with Gasteiger partial charge in [0, 0.05) is 24.3 Å². The van der Waals surface area contributed by atoms with Gasteiger partial charge in [-0.1, -0.05) is 62.4 Å². The molecular formula is C27H34N2O5S. The average Bonchev–Trinajstić information content (AvgIpc) is 3.14. The standard InChI is InChI=1S/C27H34N2O5S/c1-17(2)24(27(3,4)25(31)32)29-23(30)16-35-14-13-28-26(33)34-15-22-20-11-7-5-9-18(20)19-10-6-8-12-21(19)22/h5-12,17,22,24H,13-16H2,1-4H3,(H,28,33)(H,29,30)(H,31,32). The molecule has 188 valence electrons. The van der Waals surface area contributed by atoms with Crippen LogP contribution < -0.4 is 10.6 Å². The fourth-order valence-electron chi connectivity index (χ4n) is 4.57. The van der Waals surface area contributed by atoms with Gasteiger partial charge in [0.05, 0.1) is 11.2 Å². The van der Waals surface area contributed by atoms with Crippen molar-refractivity contribution < 1.29 is 24.2 Å². The Labute approximate surface area is 211 Å². The second-order valence-corrected chi connectivity index (χ2v) is 10.7. The first-order chi connectivity index (χ1) is 16.6. The summed E-state index contributed by atoms with van der Waals surface area (Å²) in [6.45, 7) is 7.63. The zero-order valence-electron chi connectivity index (χ0n) is 20.7. The number of thioether (sulfide) groups is 1. The van der Waals surface area contributed by atoms with Gasteiger partial charge < -0.3 is 20.5 Å². The molecule has 3 N–H and O–H groups in total. The number of nitrogens with one attached hydrogen (secondary N) is 2. The minimum absolute atomic E-state index is 0.00942. The number of fused-ring (bicyclic) bond motifs is 3. The maximum atomic E-state index is 12.3. The Hall–Kier alpha value is -3.00. The number of carbonyl (C=O) groups is 3. The van der Waals surface area contributed by atoms with Gasteiger partial charge in [0.25, 0.3) is 0 Å². The molecule has 3 rings (SSSR count). The highest BCUT2D eigenvalue weighted by Crippen LogP contribution is 2.44. The second kappa shape index (κ2) is 11.6. The Morgan fingerprint density at radius 2 is 1.60 bits per heavy atom. The quantitative estimate of drug-likeness (QED) is 0.394. The van der Waals surface area contributed by atoms with Crippen molar-refractivity contribution in [2.45, 2.75) is 39.7 Å². The maximum absolute atomic E-state index is 12.3. The van der Waals surface area contributed by atoms with Crippen LogP contribution >= 0.6 is 11.8 Å².